The fraction of sp³-hybridized carbons (Fsp3) is 0.138. The van der Waals surface area contributed by atoms with Gasteiger partial charge in [0.1, 0.15) is 24.6 Å². The van der Waals surface area contributed by atoms with E-state index in [1.807, 2.05) is 0 Å². The molecule has 0 unspecified atom stereocenters. The molecule has 0 aliphatic rings. The molecule has 8 nitrogen and oxygen atoms in total. The molecule has 80 heavy (non-hydrogen) atoms. The quantitative estimate of drug-likeness (QED) is 0.0342. The Balaban J connectivity index is 0.000000575. The Labute approximate surface area is 502 Å². The minimum atomic E-state index is -6.09. The van der Waals surface area contributed by atoms with Crippen LogP contribution >= 0.6 is 31.7 Å². The Kier molecular flexibility index (Phi) is 35.7. The summed E-state index contributed by atoms with van der Waals surface area (Å²) in [6, 6.07) is 92.5. The molecule has 0 spiro atoms. The molecule has 0 saturated carbocycles. The van der Waals surface area contributed by atoms with Gasteiger partial charge in [0.15, 0.2) is 20.2 Å². The SMILES string of the molecule is CC#N.CC#N.O=S(=O)([O-])C(F)(F)F.O=S(=O)([O-])C(F)(F)F.[Au+].[Au+].c1ccc([PH+](CC[PH+](c2ccccc2)c2ccccc2)c2ccccc2)cc1.c1ccc([PH+](CC[PH+](c2ccccc2)c2ccccc2)c2ccccc2)cc1. The number of benzene rings is 8. The van der Waals surface area contributed by atoms with E-state index in [0.717, 1.165) is 0 Å². The van der Waals surface area contributed by atoms with E-state index in [-0.39, 0.29) is 44.8 Å². The van der Waals surface area contributed by atoms with E-state index in [1.54, 1.807) is 12.1 Å². The van der Waals surface area contributed by atoms with E-state index < -0.39 is 62.9 Å². The normalized spacial score (nSPS) is 10.8. The summed E-state index contributed by atoms with van der Waals surface area (Å²) < 4.78 is 118. The van der Waals surface area contributed by atoms with Crippen LogP contribution < -0.4 is 42.4 Å². The minimum absolute atomic E-state index is 0. The molecule has 0 saturated heterocycles. The first-order chi connectivity index (χ1) is 37.2. The number of hydrogen-bond donors (Lipinski definition) is 0. The van der Waals surface area contributed by atoms with Gasteiger partial charge in [0.05, 0.1) is 86.3 Å². The summed E-state index contributed by atoms with van der Waals surface area (Å²) >= 11 is 0. The second kappa shape index (κ2) is 38.9. The van der Waals surface area contributed by atoms with Crippen LogP contribution in [0.5, 0.6) is 0 Å². The molecule has 0 aliphatic carbocycles. The van der Waals surface area contributed by atoms with E-state index in [1.165, 1.54) is 80.9 Å². The third kappa shape index (κ3) is 26.9. The maximum atomic E-state index is 10.7. The number of nitrogens with zero attached hydrogens (tertiary/aromatic N) is 2. The van der Waals surface area contributed by atoms with Crippen molar-refractivity contribution in [2.45, 2.75) is 24.9 Å². The standard InChI is InChI=1S/2C26H24P2.2C2H3N.2CHF3O3S.2Au/c2*1-5-13-23(14-6-1)27(24-15-7-2-8-16-24)21-22-28(25-17-9-3-10-18-25)26-19-11-4-12-20-26;2*1-2-3;2*2-1(3,4)8(5,6)7;;/h2*1-20H,21-22H2;2*1H3;2*(H,5,6,7);;/q;;;;;;2*+1/p+2. The van der Waals surface area contributed by atoms with Crippen LogP contribution in [-0.4, -0.2) is 61.6 Å². The van der Waals surface area contributed by atoms with Crippen molar-refractivity contribution in [1.82, 2.24) is 0 Å². The molecular formula is C58H58Au2F6N2O6P4S2+4. The molecule has 8 aromatic carbocycles. The molecule has 428 valence electrons. The maximum absolute atomic E-state index is 10.7. The van der Waals surface area contributed by atoms with Gasteiger partial charge in [-0.05, 0) is 97.1 Å². The molecule has 0 bridgehead atoms. The van der Waals surface area contributed by atoms with Gasteiger partial charge in [-0.25, -0.2) is 16.8 Å². The average molecular weight is 1580 g/mol. The van der Waals surface area contributed by atoms with E-state index in [2.05, 4.69) is 243 Å². The van der Waals surface area contributed by atoms with E-state index in [4.69, 9.17) is 36.5 Å². The summed E-state index contributed by atoms with van der Waals surface area (Å²) in [6.07, 6.45) is 5.04. The zero-order valence-corrected chi connectivity index (χ0v) is 52.9. The second-order valence-corrected chi connectivity index (χ2v) is 29.3. The van der Waals surface area contributed by atoms with Crippen LogP contribution in [0.4, 0.5) is 26.3 Å². The van der Waals surface area contributed by atoms with Gasteiger partial charge in [-0.2, -0.15) is 36.9 Å². The summed E-state index contributed by atoms with van der Waals surface area (Å²) in [6.45, 7) is 2.86. The average Bonchev–Trinajstić information content (AvgIpc) is 3.43. The van der Waals surface area contributed by atoms with Crippen molar-refractivity contribution in [3.63, 3.8) is 0 Å². The molecule has 8 rings (SSSR count). The molecule has 0 fully saturated rings. The topological polar surface area (TPSA) is 162 Å². The summed E-state index contributed by atoms with van der Waals surface area (Å²) in [4.78, 5) is 0. The third-order valence-corrected chi connectivity index (χ3v) is 24.2. The number of alkyl halides is 6. The first-order valence-corrected chi connectivity index (χ1v) is 33.3. The number of halogens is 6. The van der Waals surface area contributed by atoms with Gasteiger partial charge in [0.2, 0.25) is 0 Å². The van der Waals surface area contributed by atoms with Crippen molar-refractivity contribution in [2.75, 3.05) is 24.6 Å². The van der Waals surface area contributed by atoms with Gasteiger partial charge in [-0.15, -0.1) is 0 Å². The van der Waals surface area contributed by atoms with Gasteiger partial charge < -0.3 is 9.11 Å². The Morgan fingerprint density at radius 1 is 0.325 bits per heavy atom. The molecule has 0 amide bonds. The number of rotatable bonds is 14. The Hall–Kier alpha value is -4.66. The van der Waals surface area contributed by atoms with Crippen LogP contribution in [0.2, 0.25) is 0 Å². The molecule has 22 heteroatoms. The van der Waals surface area contributed by atoms with Crippen molar-refractivity contribution in [3.8, 4) is 12.1 Å². The molecule has 0 N–H and O–H groups in total. The Bertz CT molecular complexity index is 2680. The van der Waals surface area contributed by atoms with Crippen LogP contribution in [0.3, 0.4) is 0 Å². The molecule has 0 radical (unpaired) electrons. The van der Waals surface area contributed by atoms with Crippen molar-refractivity contribution >= 4 is 94.4 Å². The zero-order valence-electron chi connectivity index (χ0n) is 43.0. The minimum Gasteiger partial charge on any atom is -0.741 e. The van der Waals surface area contributed by atoms with E-state index >= 15 is 0 Å². The van der Waals surface area contributed by atoms with Crippen molar-refractivity contribution in [3.05, 3.63) is 243 Å². The second-order valence-electron chi connectivity index (χ2n) is 16.1. The van der Waals surface area contributed by atoms with Crippen molar-refractivity contribution < 1.29 is 97.0 Å². The van der Waals surface area contributed by atoms with Crippen LogP contribution in [-0.2, 0) is 65.0 Å². The Morgan fingerprint density at radius 2 is 0.412 bits per heavy atom. The van der Waals surface area contributed by atoms with Crippen LogP contribution in [0.25, 0.3) is 0 Å². The predicted molar refractivity (Wildman–Crippen MR) is 315 cm³/mol. The summed E-state index contributed by atoms with van der Waals surface area (Å²) in [7, 11) is -15.3. The monoisotopic (exact) mass is 1570 g/mol. The summed E-state index contributed by atoms with van der Waals surface area (Å²) in [5, 5.41) is 26.8. The smallest absolute Gasteiger partial charge is 0.741 e. The molecule has 0 atom stereocenters. The van der Waals surface area contributed by atoms with Gasteiger partial charge in [-0.1, -0.05) is 146 Å². The number of hydrogen-bond acceptors (Lipinski definition) is 8. The fourth-order valence-electron chi connectivity index (χ4n) is 7.44. The fourth-order valence-corrected chi connectivity index (χ4v) is 19.8. The largest absolute Gasteiger partial charge is 1.00 e. The van der Waals surface area contributed by atoms with Gasteiger partial charge in [0.25, 0.3) is 0 Å². The van der Waals surface area contributed by atoms with E-state index in [0.29, 0.717) is 0 Å². The molecule has 0 heterocycles. The maximum Gasteiger partial charge on any atom is 1.00 e. The third-order valence-electron chi connectivity index (χ3n) is 10.8. The van der Waals surface area contributed by atoms with Gasteiger partial charge in [0, 0.05) is 13.8 Å². The summed E-state index contributed by atoms with van der Waals surface area (Å²) in [5.74, 6) is 0. The van der Waals surface area contributed by atoms with Crippen LogP contribution in [0, 0.1) is 22.7 Å². The first-order valence-electron chi connectivity index (χ1n) is 23.7. The van der Waals surface area contributed by atoms with Gasteiger partial charge in [-0.3, -0.25) is 0 Å². The zero-order chi connectivity index (χ0) is 57.5. The number of nitriles is 2. The van der Waals surface area contributed by atoms with Crippen LogP contribution in [0.15, 0.2) is 243 Å². The molecule has 8 aromatic rings. The molecule has 0 aliphatic heterocycles. The Morgan fingerprint density at radius 3 is 0.487 bits per heavy atom. The van der Waals surface area contributed by atoms with Crippen molar-refractivity contribution in [1.29, 1.82) is 10.5 Å². The first kappa shape index (κ1) is 73.4. The van der Waals surface area contributed by atoms with E-state index in [9.17, 15) is 26.3 Å². The summed E-state index contributed by atoms with van der Waals surface area (Å²) in [5.41, 5.74) is -11.3. The van der Waals surface area contributed by atoms with Crippen LogP contribution in [0.1, 0.15) is 13.8 Å². The predicted octanol–water partition coefficient (Wildman–Crippen LogP) is 10.6. The van der Waals surface area contributed by atoms with Gasteiger partial charge >= 0.3 is 55.8 Å². The molecule has 0 aromatic heterocycles. The van der Waals surface area contributed by atoms with Crippen molar-refractivity contribution in [2.24, 2.45) is 0 Å². The molecular weight excluding hydrogens is 1520 g/mol.